The average molecular weight is 332 g/mol. The Bertz CT molecular complexity index is 701. The maximum absolute atomic E-state index is 12.3. The van der Waals surface area contributed by atoms with Crippen LogP contribution in [0, 0.1) is 6.92 Å². The van der Waals surface area contributed by atoms with Crippen molar-refractivity contribution >= 4 is 11.9 Å². The highest BCUT2D eigenvalue weighted by Gasteiger charge is 2.25. The Kier molecular flexibility index (Phi) is 4.78. The summed E-state index contributed by atoms with van der Waals surface area (Å²) in [6, 6.07) is 3.40. The van der Waals surface area contributed by atoms with Crippen LogP contribution in [0.1, 0.15) is 22.3 Å². The SMILES string of the molecule is CN=C(NCc1nc(C)no1)N1CCN(C(=O)c2ccco2)CC1. The molecule has 1 amide bonds. The Morgan fingerprint density at radius 2 is 2.08 bits per heavy atom. The van der Waals surface area contributed by atoms with Crippen molar-refractivity contribution in [1.29, 1.82) is 0 Å². The number of rotatable bonds is 3. The van der Waals surface area contributed by atoms with Crippen molar-refractivity contribution in [2.24, 2.45) is 4.99 Å². The van der Waals surface area contributed by atoms with Crippen molar-refractivity contribution in [3.05, 3.63) is 35.9 Å². The molecule has 1 aliphatic heterocycles. The van der Waals surface area contributed by atoms with E-state index in [0.717, 1.165) is 5.96 Å². The van der Waals surface area contributed by atoms with Crippen molar-refractivity contribution in [2.45, 2.75) is 13.5 Å². The van der Waals surface area contributed by atoms with Crippen molar-refractivity contribution in [3.8, 4) is 0 Å². The Balaban J connectivity index is 1.52. The quantitative estimate of drug-likeness (QED) is 0.645. The Hall–Kier alpha value is -2.84. The fourth-order valence-corrected chi connectivity index (χ4v) is 2.58. The number of nitrogens with one attached hydrogen (secondary N) is 1. The van der Waals surface area contributed by atoms with Crippen LogP contribution >= 0.6 is 0 Å². The van der Waals surface area contributed by atoms with Crippen LogP contribution in [0.2, 0.25) is 0 Å². The molecule has 2 aromatic rings. The highest BCUT2D eigenvalue weighted by Crippen LogP contribution is 2.09. The molecule has 0 atom stereocenters. The lowest BCUT2D eigenvalue weighted by Crippen LogP contribution is -2.53. The second kappa shape index (κ2) is 7.16. The second-order valence-corrected chi connectivity index (χ2v) is 5.39. The number of amides is 1. The van der Waals surface area contributed by atoms with Crippen molar-refractivity contribution in [3.63, 3.8) is 0 Å². The van der Waals surface area contributed by atoms with Gasteiger partial charge in [-0.05, 0) is 19.1 Å². The summed E-state index contributed by atoms with van der Waals surface area (Å²) in [5.41, 5.74) is 0. The van der Waals surface area contributed by atoms with E-state index in [0.29, 0.717) is 50.2 Å². The number of furan rings is 1. The van der Waals surface area contributed by atoms with Crippen LogP contribution in [0.25, 0.3) is 0 Å². The number of hydrogen-bond acceptors (Lipinski definition) is 6. The lowest BCUT2D eigenvalue weighted by molar-refractivity contribution is 0.0657. The molecule has 0 spiro atoms. The maximum atomic E-state index is 12.3. The molecule has 1 saturated heterocycles. The molecule has 0 aromatic carbocycles. The van der Waals surface area contributed by atoms with Crippen LogP contribution < -0.4 is 5.32 Å². The van der Waals surface area contributed by atoms with Gasteiger partial charge in [-0.3, -0.25) is 9.79 Å². The summed E-state index contributed by atoms with van der Waals surface area (Å²) < 4.78 is 10.2. The summed E-state index contributed by atoms with van der Waals surface area (Å²) in [5.74, 6) is 2.16. The van der Waals surface area contributed by atoms with E-state index in [1.807, 2.05) is 0 Å². The molecule has 3 rings (SSSR count). The minimum Gasteiger partial charge on any atom is -0.459 e. The Labute approximate surface area is 139 Å². The molecule has 0 saturated carbocycles. The van der Waals surface area contributed by atoms with E-state index in [1.165, 1.54) is 6.26 Å². The van der Waals surface area contributed by atoms with Gasteiger partial charge >= 0.3 is 0 Å². The number of piperazine rings is 1. The van der Waals surface area contributed by atoms with Gasteiger partial charge in [-0.25, -0.2) is 0 Å². The predicted molar refractivity (Wildman–Crippen MR) is 85.4 cm³/mol. The number of carbonyl (C=O) groups excluding carboxylic acids is 1. The largest absolute Gasteiger partial charge is 0.459 e. The smallest absolute Gasteiger partial charge is 0.289 e. The van der Waals surface area contributed by atoms with Crippen LogP contribution in [0.4, 0.5) is 0 Å². The topological polar surface area (TPSA) is 100 Å². The predicted octanol–water partition coefficient (Wildman–Crippen LogP) is 0.504. The first kappa shape index (κ1) is 16.0. The van der Waals surface area contributed by atoms with Gasteiger partial charge in [0.05, 0.1) is 12.8 Å². The Morgan fingerprint density at radius 3 is 2.67 bits per heavy atom. The minimum atomic E-state index is -0.0797. The molecule has 0 bridgehead atoms. The summed E-state index contributed by atoms with van der Waals surface area (Å²) in [4.78, 5) is 24.6. The number of guanidine groups is 1. The molecule has 0 unspecified atom stereocenters. The van der Waals surface area contributed by atoms with E-state index < -0.39 is 0 Å². The molecule has 2 aromatic heterocycles. The molecule has 9 nitrogen and oxygen atoms in total. The summed E-state index contributed by atoms with van der Waals surface area (Å²) >= 11 is 0. The second-order valence-electron chi connectivity index (χ2n) is 5.39. The van der Waals surface area contributed by atoms with E-state index in [2.05, 4.69) is 25.3 Å². The number of aryl methyl sites for hydroxylation is 1. The minimum absolute atomic E-state index is 0.0797. The highest BCUT2D eigenvalue weighted by molar-refractivity contribution is 5.91. The maximum Gasteiger partial charge on any atom is 0.289 e. The third kappa shape index (κ3) is 3.55. The number of hydrogen-bond donors (Lipinski definition) is 1. The summed E-state index contributed by atoms with van der Waals surface area (Å²) in [6.45, 7) is 4.79. The standard InChI is InChI=1S/C15H20N6O3/c1-11-18-13(24-19-11)10-17-15(16-2)21-7-5-20(6-8-21)14(22)12-4-3-9-23-12/h3-4,9H,5-8,10H2,1-2H3,(H,16,17). The monoisotopic (exact) mass is 332 g/mol. The third-order valence-corrected chi connectivity index (χ3v) is 3.78. The van der Waals surface area contributed by atoms with Gasteiger partial charge in [0.15, 0.2) is 17.5 Å². The van der Waals surface area contributed by atoms with Gasteiger partial charge in [0.2, 0.25) is 5.89 Å². The van der Waals surface area contributed by atoms with Gasteiger partial charge in [0.1, 0.15) is 0 Å². The van der Waals surface area contributed by atoms with Gasteiger partial charge < -0.3 is 24.1 Å². The number of nitrogens with zero attached hydrogens (tertiary/aromatic N) is 5. The molecule has 1 fully saturated rings. The number of carbonyl (C=O) groups is 1. The molecule has 24 heavy (non-hydrogen) atoms. The molecule has 0 aliphatic carbocycles. The van der Waals surface area contributed by atoms with Gasteiger partial charge in [-0.2, -0.15) is 4.98 Å². The van der Waals surface area contributed by atoms with E-state index >= 15 is 0 Å². The van der Waals surface area contributed by atoms with Crippen molar-refractivity contribution in [2.75, 3.05) is 33.2 Å². The molecular weight excluding hydrogens is 312 g/mol. The molecule has 3 heterocycles. The molecule has 0 radical (unpaired) electrons. The van der Waals surface area contributed by atoms with Crippen LogP contribution in [0.3, 0.4) is 0 Å². The van der Waals surface area contributed by atoms with Crippen LogP contribution in [-0.4, -0.2) is 65.0 Å². The molecule has 1 N–H and O–H groups in total. The van der Waals surface area contributed by atoms with E-state index in [-0.39, 0.29) is 5.91 Å². The van der Waals surface area contributed by atoms with Crippen LogP contribution in [-0.2, 0) is 6.54 Å². The number of aromatic nitrogens is 2. The lowest BCUT2D eigenvalue weighted by Gasteiger charge is -2.36. The van der Waals surface area contributed by atoms with Crippen molar-refractivity contribution in [1.82, 2.24) is 25.3 Å². The van der Waals surface area contributed by atoms with Gasteiger partial charge in [-0.1, -0.05) is 5.16 Å². The molecular formula is C15H20N6O3. The highest BCUT2D eigenvalue weighted by atomic mass is 16.5. The molecule has 128 valence electrons. The first-order valence-corrected chi connectivity index (χ1v) is 7.75. The fourth-order valence-electron chi connectivity index (χ4n) is 2.58. The van der Waals surface area contributed by atoms with Crippen molar-refractivity contribution < 1.29 is 13.7 Å². The summed E-state index contributed by atoms with van der Waals surface area (Å²) in [6.07, 6.45) is 1.51. The average Bonchev–Trinajstić information content (AvgIpc) is 3.27. The zero-order valence-electron chi connectivity index (χ0n) is 13.7. The van der Waals surface area contributed by atoms with E-state index in [4.69, 9.17) is 8.94 Å². The summed E-state index contributed by atoms with van der Waals surface area (Å²) in [7, 11) is 1.72. The lowest BCUT2D eigenvalue weighted by atomic mass is 10.3. The molecule has 1 aliphatic rings. The third-order valence-electron chi connectivity index (χ3n) is 3.78. The number of aliphatic imine (C=N–C) groups is 1. The molecule has 9 heteroatoms. The first-order chi connectivity index (χ1) is 11.7. The van der Waals surface area contributed by atoms with Gasteiger partial charge in [-0.15, -0.1) is 0 Å². The normalized spacial score (nSPS) is 15.7. The van der Waals surface area contributed by atoms with Gasteiger partial charge in [0.25, 0.3) is 5.91 Å². The van der Waals surface area contributed by atoms with Crippen LogP contribution in [0.15, 0.2) is 32.3 Å². The van der Waals surface area contributed by atoms with Gasteiger partial charge in [0, 0.05) is 33.2 Å². The van der Waals surface area contributed by atoms with Crippen LogP contribution in [0.5, 0.6) is 0 Å². The van der Waals surface area contributed by atoms with E-state index in [1.54, 1.807) is 31.0 Å². The summed E-state index contributed by atoms with van der Waals surface area (Å²) in [5, 5.41) is 6.95. The van der Waals surface area contributed by atoms with E-state index in [9.17, 15) is 4.79 Å². The Morgan fingerprint density at radius 1 is 1.33 bits per heavy atom. The fraction of sp³-hybridized carbons (Fsp3) is 0.467. The first-order valence-electron chi connectivity index (χ1n) is 7.75. The zero-order chi connectivity index (χ0) is 16.9. The zero-order valence-corrected chi connectivity index (χ0v) is 13.7.